The predicted octanol–water partition coefficient (Wildman–Crippen LogP) is 2.25. The van der Waals surface area contributed by atoms with Gasteiger partial charge in [0.15, 0.2) is 0 Å². The molecule has 1 fully saturated rings. The summed E-state index contributed by atoms with van der Waals surface area (Å²) in [5, 5.41) is 11.4. The number of nitrogen functional groups attached to an aromatic ring is 1. The highest BCUT2D eigenvalue weighted by molar-refractivity contribution is 5.11. The van der Waals surface area contributed by atoms with E-state index in [-0.39, 0.29) is 0 Å². The molecule has 2 N–H and O–H groups in total. The Hall–Kier alpha value is -1.17. The Kier molecular flexibility index (Phi) is 6.24. The Bertz CT molecular complexity index is 369. The summed E-state index contributed by atoms with van der Waals surface area (Å²) in [4.78, 5) is 2.57. The maximum absolute atomic E-state index is 5.76. The van der Waals surface area contributed by atoms with Gasteiger partial charge in [-0.1, -0.05) is 44.1 Å². The molecule has 20 heavy (non-hydrogen) atoms. The van der Waals surface area contributed by atoms with Crippen molar-refractivity contribution in [2.24, 2.45) is 0 Å². The lowest BCUT2D eigenvalue weighted by atomic mass is 10.0. The number of nitrogens with zero attached hydrogens (tertiary/aromatic N) is 5. The van der Waals surface area contributed by atoms with Gasteiger partial charge in [0, 0.05) is 13.1 Å². The van der Waals surface area contributed by atoms with E-state index in [2.05, 4.69) is 27.3 Å². The average Bonchev–Trinajstić information content (AvgIpc) is 2.90. The van der Waals surface area contributed by atoms with Crippen molar-refractivity contribution in [2.45, 2.75) is 64.3 Å². The van der Waals surface area contributed by atoms with Crippen LogP contribution in [0.3, 0.4) is 0 Å². The molecule has 1 aliphatic heterocycles. The molecule has 0 atom stereocenters. The second-order valence-corrected chi connectivity index (χ2v) is 5.82. The first-order valence-electron chi connectivity index (χ1n) is 8.07. The van der Waals surface area contributed by atoms with E-state index in [0.717, 1.165) is 25.9 Å². The summed E-state index contributed by atoms with van der Waals surface area (Å²) in [5.41, 5.74) is 5.76. The number of tetrazole rings is 1. The number of nitrogens with two attached hydrogens (primary N) is 1. The van der Waals surface area contributed by atoms with Gasteiger partial charge in [-0.15, -0.1) is 0 Å². The minimum atomic E-state index is 0.380. The number of unbranched alkanes of at least 4 members (excludes halogenated alkanes) is 5. The summed E-state index contributed by atoms with van der Waals surface area (Å²) < 4.78 is 1.78. The molecule has 0 unspecified atom stereocenters. The molecule has 0 aromatic carbocycles. The van der Waals surface area contributed by atoms with Crippen LogP contribution < -0.4 is 5.73 Å². The third-order valence-corrected chi connectivity index (χ3v) is 4.25. The zero-order chi connectivity index (χ0) is 14.2. The number of hydrogen-bond acceptors (Lipinski definition) is 5. The van der Waals surface area contributed by atoms with Gasteiger partial charge in [0.05, 0.1) is 6.04 Å². The fourth-order valence-corrected chi connectivity index (χ4v) is 2.96. The highest BCUT2D eigenvalue weighted by Gasteiger charge is 2.22. The Labute approximate surface area is 121 Å². The van der Waals surface area contributed by atoms with E-state index in [1.807, 2.05) is 0 Å². The second-order valence-electron chi connectivity index (χ2n) is 5.82. The summed E-state index contributed by atoms with van der Waals surface area (Å²) in [6.45, 7) is 5.78. The van der Waals surface area contributed by atoms with Crippen LogP contribution in [0.5, 0.6) is 0 Å². The third kappa shape index (κ3) is 4.44. The number of hydrogen-bond donors (Lipinski definition) is 1. The van der Waals surface area contributed by atoms with Crippen molar-refractivity contribution in [1.82, 2.24) is 25.1 Å². The van der Waals surface area contributed by atoms with Gasteiger partial charge < -0.3 is 10.6 Å². The summed E-state index contributed by atoms with van der Waals surface area (Å²) in [6.07, 6.45) is 10.4. The van der Waals surface area contributed by atoms with E-state index in [1.165, 1.54) is 45.1 Å². The molecule has 1 aromatic heterocycles. The first-order chi connectivity index (χ1) is 9.81. The van der Waals surface area contributed by atoms with Crippen LogP contribution in [0.2, 0.25) is 0 Å². The number of likely N-dealkylation sites (tertiary alicyclic amines) is 1. The molecular formula is C14H28N6. The molecule has 0 amide bonds. The van der Waals surface area contributed by atoms with Crippen molar-refractivity contribution in [3.05, 3.63) is 0 Å². The molecule has 2 heterocycles. The molecule has 6 nitrogen and oxygen atoms in total. The Morgan fingerprint density at radius 3 is 2.45 bits per heavy atom. The van der Waals surface area contributed by atoms with E-state index in [9.17, 15) is 0 Å². The first kappa shape index (κ1) is 15.2. The number of anilines is 1. The second kappa shape index (κ2) is 8.19. The van der Waals surface area contributed by atoms with Gasteiger partial charge in [-0.2, -0.15) is 0 Å². The standard InChI is InChI=1S/C14H28N6/c1-2-3-4-5-6-7-10-19-11-8-13(9-12-19)20-14(15)16-17-18-20/h13H,2-12H2,1H3,(H2,15,16,18). The van der Waals surface area contributed by atoms with Crippen LogP contribution in [-0.2, 0) is 0 Å². The molecule has 0 aliphatic carbocycles. The van der Waals surface area contributed by atoms with Crippen LogP contribution in [0.25, 0.3) is 0 Å². The zero-order valence-electron chi connectivity index (χ0n) is 12.7. The number of piperidine rings is 1. The van der Waals surface area contributed by atoms with Crippen molar-refractivity contribution in [2.75, 3.05) is 25.4 Å². The van der Waals surface area contributed by atoms with Gasteiger partial charge in [0.25, 0.3) is 0 Å². The van der Waals surface area contributed by atoms with Gasteiger partial charge in [-0.25, -0.2) is 4.68 Å². The van der Waals surface area contributed by atoms with Crippen LogP contribution in [-0.4, -0.2) is 44.7 Å². The minimum Gasteiger partial charge on any atom is -0.367 e. The van der Waals surface area contributed by atoms with Gasteiger partial charge in [-0.05, 0) is 36.2 Å². The summed E-state index contributed by atoms with van der Waals surface area (Å²) in [5.74, 6) is 0.444. The lowest BCUT2D eigenvalue weighted by Gasteiger charge is -2.31. The normalized spacial score (nSPS) is 17.6. The lowest BCUT2D eigenvalue weighted by molar-refractivity contribution is 0.177. The van der Waals surface area contributed by atoms with Crippen LogP contribution >= 0.6 is 0 Å². The topological polar surface area (TPSA) is 72.9 Å². The average molecular weight is 280 g/mol. The molecule has 0 bridgehead atoms. The summed E-state index contributed by atoms with van der Waals surface area (Å²) in [7, 11) is 0. The maximum atomic E-state index is 5.76. The maximum Gasteiger partial charge on any atom is 0.240 e. The first-order valence-corrected chi connectivity index (χ1v) is 8.07. The fraction of sp³-hybridized carbons (Fsp3) is 0.929. The third-order valence-electron chi connectivity index (χ3n) is 4.25. The minimum absolute atomic E-state index is 0.380. The van der Waals surface area contributed by atoms with E-state index < -0.39 is 0 Å². The molecule has 1 aliphatic rings. The fourth-order valence-electron chi connectivity index (χ4n) is 2.96. The highest BCUT2D eigenvalue weighted by atomic mass is 15.6. The van der Waals surface area contributed by atoms with Gasteiger partial charge in [-0.3, -0.25) is 0 Å². The molecular weight excluding hydrogens is 252 g/mol. The van der Waals surface area contributed by atoms with E-state index in [1.54, 1.807) is 4.68 Å². The molecule has 114 valence electrons. The van der Waals surface area contributed by atoms with Crippen molar-refractivity contribution < 1.29 is 0 Å². The molecule has 0 saturated carbocycles. The van der Waals surface area contributed by atoms with Gasteiger partial charge in [0.2, 0.25) is 5.95 Å². The van der Waals surface area contributed by atoms with E-state index >= 15 is 0 Å². The largest absolute Gasteiger partial charge is 0.367 e. The molecule has 2 rings (SSSR count). The Morgan fingerprint density at radius 1 is 1.10 bits per heavy atom. The Balaban J connectivity index is 1.59. The number of rotatable bonds is 8. The van der Waals surface area contributed by atoms with Crippen LogP contribution in [0.15, 0.2) is 0 Å². The smallest absolute Gasteiger partial charge is 0.240 e. The van der Waals surface area contributed by atoms with Crippen LogP contribution in [0.1, 0.15) is 64.3 Å². The summed E-state index contributed by atoms with van der Waals surface area (Å²) >= 11 is 0. The monoisotopic (exact) mass is 280 g/mol. The molecule has 0 radical (unpaired) electrons. The number of aromatic nitrogens is 4. The van der Waals surface area contributed by atoms with Crippen LogP contribution in [0, 0.1) is 0 Å². The zero-order valence-corrected chi connectivity index (χ0v) is 12.7. The quantitative estimate of drug-likeness (QED) is 0.739. The Morgan fingerprint density at radius 2 is 1.80 bits per heavy atom. The highest BCUT2D eigenvalue weighted by Crippen LogP contribution is 2.23. The molecule has 1 aromatic rings. The molecule has 6 heteroatoms. The SMILES string of the molecule is CCCCCCCCN1CCC(n2nnnc2N)CC1. The molecule has 0 spiro atoms. The van der Waals surface area contributed by atoms with Gasteiger partial charge in [0.1, 0.15) is 0 Å². The van der Waals surface area contributed by atoms with Crippen molar-refractivity contribution in [1.29, 1.82) is 0 Å². The van der Waals surface area contributed by atoms with E-state index in [0.29, 0.717) is 12.0 Å². The van der Waals surface area contributed by atoms with Crippen molar-refractivity contribution in [3.63, 3.8) is 0 Å². The molecule has 1 saturated heterocycles. The summed E-state index contributed by atoms with van der Waals surface area (Å²) in [6, 6.07) is 0.380. The lowest BCUT2D eigenvalue weighted by Crippen LogP contribution is -2.35. The van der Waals surface area contributed by atoms with Crippen molar-refractivity contribution in [3.8, 4) is 0 Å². The van der Waals surface area contributed by atoms with Crippen LogP contribution in [0.4, 0.5) is 5.95 Å². The van der Waals surface area contributed by atoms with Gasteiger partial charge >= 0.3 is 0 Å². The predicted molar refractivity (Wildman–Crippen MR) is 80.3 cm³/mol. The van der Waals surface area contributed by atoms with Crippen molar-refractivity contribution >= 4 is 5.95 Å². The van der Waals surface area contributed by atoms with E-state index in [4.69, 9.17) is 5.73 Å².